The Balaban J connectivity index is 0.00000220. The molecule has 0 unspecified atom stereocenters. The minimum absolute atomic E-state index is 0. The smallest absolute Gasteiger partial charge is 0.246 e. The SMILES string of the molecule is CCNCC1CCN(C(=O)C=Cc2ccc(C)o2)CC1.Cl. The van der Waals surface area contributed by atoms with Gasteiger partial charge < -0.3 is 14.6 Å². The maximum absolute atomic E-state index is 12.1. The molecule has 0 bridgehead atoms. The van der Waals surface area contributed by atoms with Gasteiger partial charge in [0, 0.05) is 19.2 Å². The summed E-state index contributed by atoms with van der Waals surface area (Å²) < 4.78 is 5.42. The highest BCUT2D eigenvalue weighted by Crippen LogP contribution is 2.17. The molecule has 2 rings (SSSR count). The molecule has 4 nitrogen and oxygen atoms in total. The largest absolute Gasteiger partial charge is 0.462 e. The zero-order valence-corrected chi connectivity index (χ0v) is 13.6. The monoisotopic (exact) mass is 312 g/mol. The van der Waals surface area contributed by atoms with Crippen LogP contribution in [0.15, 0.2) is 22.6 Å². The van der Waals surface area contributed by atoms with E-state index in [1.807, 2.05) is 24.0 Å². The van der Waals surface area contributed by atoms with Gasteiger partial charge in [0.25, 0.3) is 0 Å². The molecular weight excluding hydrogens is 288 g/mol. The molecule has 1 aromatic heterocycles. The second-order valence-corrected chi connectivity index (χ2v) is 5.36. The Kier molecular flexibility index (Phi) is 7.54. The lowest BCUT2D eigenvalue weighted by molar-refractivity contribution is -0.127. The number of hydrogen-bond acceptors (Lipinski definition) is 3. The molecule has 118 valence electrons. The molecule has 1 N–H and O–H groups in total. The zero-order chi connectivity index (χ0) is 14.4. The second-order valence-electron chi connectivity index (χ2n) is 5.36. The molecule has 2 heterocycles. The van der Waals surface area contributed by atoms with Crippen LogP contribution in [0, 0.1) is 12.8 Å². The molecule has 1 aliphatic rings. The number of carbonyl (C=O) groups is 1. The van der Waals surface area contributed by atoms with Gasteiger partial charge in [0.05, 0.1) is 0 Å². The number of nitrogens with zero attached hydrogens (tertiary/aromatic N) is 1. The first kappa shape index (κ1) is 17.8. The van der Waals surface area contributed by atoms with Crippen molar-refractivity contribution in [3.63, 3.8) is 0 Å². The van der Waals surface area contributed by atoms with E-state index in [2.05, 4.69) is 12.2 Å². The van der Waals surface area contributed by atoms with Crippen LogP contribution >= 0.6 is 12.4 Å². The van der Waals surface area contributed by atoms with E-state index >= 15 is 0 Å². The Morgan fingerprint density at radius 3 is 2.71 bits per heavy atom. The standard InChI is InChI=1S/C16H24N2O2.ClH/c1-3-17-12-14-8-10-18(11-9-14)16(19)7-6-15-5-4-13(2)20-15;/h4-7,14,17H,3,8-12H2,1-2H3;1H. The van der Waals surface area contributed by atoms with Gasteiger partial charge in [-0.2, -0.15) is 0 Å². The summed E-state index contributed by atoms with van der Waals surface area (Å²) in [6, 6.07) is 3.78. The summed E-state index contributed by atoms with van der Waals surface area (Å²) in [5.74, 6) is 2.39. The third kappa shape index (κ3) is 5.56. The molecule has 0 radical (unpaired) electrons. The van der Waals surface area contributed by atoms with Gasteiger partial charge in [0.1, 0.15) is 11.5 Å². The lowest BCUT2D eigenvalue weighted by atomic mass is 9.97. The van der Waals surface area contributed by atoms with Gasteiger partial charge >= 0.3 is 0 Å². The van der Waals surface area contributed by atoms with E-state index in [0.29, 0.717) is 5.92 Å². The predicted octanol–water partition coefficient (Wildman–Crippen LogP) is 2.87. The van der Waals surface area contributed by atoms with Crippen molar-refractivity contribution in [2.75, 3.05) is 26.2 Å². The number of nitrogens with one attached hydrogen (secondary N) is 1. The van der Waals surface area contributed by atoms with Gasteiger partial charge in [-0.1, -0.05) is 6.92 Å². The Labute approximate surface area is 133 Å². The van der Waals surface area contributed by atoms with Crippen molar-refractivity contribution in [3.05, 3.63) is 29.7 Å². The summed E-state index contributed by atoms with van der Waals surface area (Å²) >= 11 is 0. The lowest BCUT2D eigenvalue weighted by Gasteiger charge is -2.31. The van der Waals surface area contributed by atoms with E-state index in [1.165, 1.54) is 0 Å². The number of likely N-dealkylation sites (tertiary alicyclic amines) is 1. The van der Waals surface area contributed by atoms with Gasteiger partial charge in [-0.25, -0.2) is 0 Å². The summed E-state index contributed by atoms with van der Waals surface area (Å²) in [6.45, 7) is 7.82. The fourth-order valence-corrected chi connectivity index (χ4v) is 2.51. The Hall–Kier alpha value is -1.26. The molecule has 0 aliphatic carbocycles. The van der Waals surface area contributed by atoms with Crippen LogP contribution in [0.3, 0.4) is 0 Å². The molecule has 21 heavy (non-hydrogen) atoms. The fourth-order valence-electron chi connectivity index (χ4n) is 2.51. The van der Waals surface area contributed by atoms with E-state index in [4.69, 9.17) is 4.42 Å². The van der Waals surface area contributed by atoms with Crippen LogP contribution in [0.25, 0.3) is 6.08 Å². The number of rotatable bonds is 5. The normalized spacial score (nSPS) is 16.2. The topological polar surface area (TPSA) is 45.5 Å². The fraction of sp³-hybridized carbons (Fsp3) is 0.562. The van der Waals surface area contributed by atoms with Crippen molar-refractivity contribution in [1.82, 2.24) is 10.2 Å². The Morgan fingerprint density at radius 1 is 1.43 bits per heavy atom. The number of amides is 1. The lowest BCUT2D eigenvalue weighted by Crippen LogP contribution is -2.40. The number of halogens is 1. The van der Waals surface area contributed by atoms with Crippen LogP contribution in [0.5, 0.6) is 0 Å². The highest BCUT2D eigenvalue weighted by atomic mass is 35.5. The summed E-state index contributed by atoms with van der Waals surface area (Å²) in [4.78, 5) is 14.0. The summed E-state index contributed by atoms with van der Waals surface area (Å²) in [6.07, 6.45) is 5.54. The van der Waals surface area contributed by atoms with Crippen LogP contribution in [-0.2, 0) is 4.79 Å². The highest BCUT2D eigenvalue weighted by Gasteiger charge is 2.20. The first-order valence-electron chi connectivity index (χ1n) is 7.43. The second kappa shape index (κ2) is 8.90. The molecule has 1 aliphatic heterocycles. The summed E-state index contributed by atoms with van der Waals surface area (Å²) in [5.41, 5.74) is 0. The van der Waals surface area contributed by atoms with Gasteiger partial charge in [0.2, 0.25) is 5.91 Å². The maximum atomic E-state index is 12.1. The molecular formula is C16H25ClN2O2. The van der Waals surface area contributed by atoms with Gasteiger partial charge in [-0.3, -0.25) is 4.79 Å². The van der Waals surface area contributed by atoms with Gasteiger partial charge in [-0.15, -0.1) is 12.4 Å². The van der Waals surface area contributed by atoms with E-state index in [-0.39, 0.29) is 18.3 Å². The zero-order valence-electron chi connectivity index (χ0n) is 12.8. The van der Waals surface area contributed by atoms with Crippen molar-refractivity contribution in [1.29, 1.82) is 0 Å². The van der Waals surface area contributed by atoms with E-state index in [9.17, 15) is 4.79 Å². The molecule has 1 fully saturated rings. The highest BCUT2D eigenvalue weighted by molar-refractivity contribution is 5.91. The summed E-state index contributed by atoms with van der Waals surface area (Å²) in [7, 11) is 0. The third-order valence-corrected chi connectivity index (χ3v) is 3.76. The molecule has 0 spiro atoms. The first-order chi connectivity index (χ1) is 9.69. The van der Waals surface area contributed by atoms with Crippen LogP contribution in [-0.4, -0.2) is 37.0 Å². The van der Waals surface area contributed by atoms with E-state index < -0.39 is 0 Å². The van der Waals surface area contributed by atoms with E-state index in [1.54, 1.807) is 12.2 Å². The van der Waals surface area contributed by atoms with Crippen LogP contribution in [0.2, 0.25) is 0 Å². The summed E-state index contributed by atoms with van der Waals surface area (Å²) in [5, 5.41) is 3.38. The van der Waals surface area contributed by atoms with Crippen LogP contribution in [0.4, 0.5) is 0 Å². The van der Waals surface area contributed by atoms with Gasteiger partial charge in [0.15, 0.2) is 0 Å². The quantitative estimate of drug-likeness (QED) is 0.850. The number of aryl methyl sites for hydroxylation is 1. The third-order valence-electron chi connectivity index (χ3n) is 3.76. The molecule has 1 saturated heterocycles. The van der Waals surface area contributed by atoms with Crippen LogP contribution < -0.4 is 5.32 Å². The number of piperidine rings is 1. The molecule has 0 saturated carbocycles. The molecule has 5 heteroatoms. The van der Waals surface area contributed by atoms with Crippen LogP contribution in [0.1, 0.15) is 31.3 Å². The Bertz CT molecular complexity index is 463. The molecule has 1 amide bonds. The first-order valence-corrected chi connectivity index (χ1v) is 7.43. The minimum Gasteiger partial charge on any atom is -0.462 e. The minimum atomic E-state index is 0. The number of furan rings is 1. The van der Waals surface area contributed by atoms with Crippen molar-refractivity contribution in [2.45, 2.75) is 26.7 Å². The number of hydrogen-bond donors (Lipinski definition) is 1. The molecule has 1 aromatic rings. The number of carbonyl (C=O) groups excluding carboxylic acids is 1. The average molecular weight is 313 g/mol. The predicted molar refractivity (Wildman–Crippen MR) is 87.6 cm³/mol. The Morgan fingerprint density at radius 2 is 2.14 bits per heavy atom. The van der Waals surface area contributed by atoms with E-state index in [0.717, 1.165) is 50.5 Å². The molecule has 0 atom stereocenters. The average Bonchev–Trinajstić information content (AvgIpc) is 2.89. The van der Waals surface area contributed by atoms with Crippen molar-refractivity contribution < 1.29 is 9.21 Å². The van der Waals surface area contributed by atoms with Crippen molar-refractivity contribution in [2.24, 2.45) is 5.92 Å². The van der Waals surface area contributed by atoms with Gasteiger partial charge in [-0.05, 0) is 57.0 Å². The maximum Gasteiger partial charge on any atom is 0.246 e. The molecule has 0 aromatic carbocycles. The van der Waals surface area contributed by atoms with Crippen molar-refractivity contribution in [3.8, 4) is 0 Å². The van der Waals surface area contributed by atoms with Crippen molar-refractivity contribution >= 4 is 24.4 Å².